The highest BCUT2D eigenvalue weighted by atomic mass is 16.5. The molecule has 2 aliphatic rings. The number of carbonyl (C=O) groups is 2. The Hall–Kier alpha value is -2.30. The minimum atomic E-state index is 0.128. The van der Waals surface area contributed by atoms with E-state index in [-0.39, 0.29) is 17.9 Å². The molecule has 1 saturated heterocycles. The molecule has 0 saturated carbocycles. The number of benzene rings is 1. The molecule has 0 unspecified atom stereocenters. The van der Waals surface area contributed by atoms with Crippen LogP contribution in [0, 0.1) is 17.8 Å². The van der Waals surface area contributed by atoms with Crippen molar-refractivity contribution in [2.24, 2.45) is 17.8 Å². The van der Waals surface area contributed by atoms with Crippen LogP contribution >= 0.6 is 0 Å². The van der Waals surface area contributed by atoms with E-state index in [0.717, 1.165) is 57.4 Å². The number of ether oxygens (including phenoxy) is 1. The summed E-state index contributed by atoms with van der Waals surface area (Å²) in [5.41, 5.74) is 1.19. The summed E-state index contributed by atoms with van der Waals surface area (Å²) in [6.07, 6.45) is 10.5. The number of hydrogen-bond donors (Lipinski definition) is 0. The Labute approximate surface area is 193 Å². The number of amides is 2. The number of methoxy groups -OCH3 is 1. The van der Waals surface area contributed by atoms with Gasteiger partial charge in [0.25, 0.3) is 0 Å². The SMILES string of the molecule is COc1cccc(C[C@@H](C2CCN(C(=O)[C@H]3CC=CCC3)CC2)N(C)C(=O)CC(C)C)c1. The molecule has 5 heteroatoms. The Morgan fingerprint density at radius 3 is 2.53 bits per heavy atom. The van der Waals surface area contributed by atoms with E-state index in [9.17, 15) is 9.59 Å². The Morgan fingerprint density at radius 1 is 1.16 bits per heavy atom. The number of hydrogen-bond acceptors (Lipinski definition) is 3. The summed E-state index contributed by atoms with van der Waals surface area (Å²) in [5, 5.41) is 0. The second-order valence-electron chi connectivity index (χ2n) is 9.87. The van der Waals surface area contributed by atoms with Crippen LogP contribution in [0.2, 0.25) is 0 Å². The molecule has 176 valence electrons. The van der Waals surface area contributed by atoms with Crippen LogP contribution in [-0.4, -0.2) is 54.9 Å². The molecule has 0 aromatic heterocycles. The predicted molar refractivity (Wildman–Crippen MR) is 128 cm³/mol. The van der Waals surface area contributed by atoms with Crippen molar-refractivity contribution in [1.82, 2.24) is 9.80 Å². The van der Waals surface area contributed by atoms with Gasteiger partial charge in [-0.25, -0.2) is 0 Å². The lowest BCUT2D eigenvalue weighted by molar-refractivity contribution is -0.139. The van der Waals surface area contributed by atoms with Crippen molar-refractivity contribution in [2.45, 2.75) is 64.8 Å². The minimum absolute atomic E-state index is 0.128. The smallest absolute Gasteiger partial charge is 0.226 e. The lowest BCUT2D eigenvalue weighted by Gasteiger charge is -2.41. The van der Waals surface area contributed by atoms with Crippen molar-refractivity contribution in [3.05, 3.63) is 42.0 Å². The van der Waals surface area contributed by atoms with Crippen molar-refractivity contribution in [2.75, 3.05) is 27.2 Å². The van der Waals surface area contributed by atoms with E-state index in [1.165, 1.54) is 5.56 Å². The molecule has 0 N–H and O–H groups in total. The van der Waals surface area contributed by atoms with Gasteiger partial charge < -0.3 is 14.5 Å². The molecule has 3 rings (SSSR count). The Bertz CT molecular complexity index is 796. The van der Waals surface area contributed by atoms with Crippen LogP contribution in [0.25, 0.3) is 0 Å². The fraction of sp³-hybridized carbons (Fsp3) is 0.630. The zero-order valence-electron chi connectivity index (χ0n) is 20.3. The molecule has 1 aliphatic heterocycles. The van der Waals surface area contributed by atoms with Gasteiger partial charge in [-0.1, -0.05) is 38.1 Å². The molecule has 0 bridgehead atoms. The first-order chi connectivity index (χ1) is 15.4. The van der Waals surface area contributed by atoms with Crippen molar-refractivity contribution in [1.29, 1.82) is 0 Å². The van der Waals surface area contributed by atoms with Gasteiger partial charge in [0.15, 0.2) is 0 Å². The quantitative estimate of drug-likeness (QED) is 0.550. The number of allylic oxidation sites excluding steroid dienone is 2. The molecule has 0 radical (unpaired) electrons. The monoisotopic (exact) mass is 440 g/mol. The highest BCUT2D eigenvalue weighted by Crippen LogP contribution is 2.30. The second kappa shape index (κ2) is 11.5. The molecule has 32 heavy (non-hydrogen) atoms. The second-order valence-corrected chi connectivity index (χ2v) is 9.87. The Morgan fingerprint density at radius 2 is 1.91 bits per heavy atom. The fourth-order valence-electron chi connectivity index (χ4n) is 5.12. The normalized spacial score (nSPS) is 20.3. The summed E-state index contributed by atoms with van der Waals surface area (Å²) in [5.74, 6) is 2.25. The van der Waals surface area contributed by atoms with Crippen molar-refractivity contribution in [3.63, 3.8) is 0 Å². The van der Waals surface area contributed by atoms with E-state index in [4.69, 9.17) is 4.74 Å². The van der Waals surface area contributed by atoms with E-state index >= 15 is 0 Å². The molecular weight excluding hydrogens is 400 g/mol. The molecule has 0 spiro atoms. The van der Waals surface area contributed by atoms with Gasteiger partial charge in [-0.2, -0.15) is 0 Å². The molecule has 1 aromatic carbocycles. The summed E-state index contributed by atoms with van der Waals surface area (Å²) in [6.45, 7) is 5.77. The summed E-state index contributed by atoms with van der Waals surface area (Å²) < 4.78 is 5.41. The van der Waals surface area contributed by atoms with Crippen molar-refractivity contribution >= 4 is 11.8 Å². The third-order valence-corrected chi connectivity index (χ3v) is 7.07. The van der Waals surface area contributed by atoms with Crippen molar-refractivity contribution in [3.8, 4) is 5.75 Å². The van der Waals surface area contributed by atoms with Crippen LogP contribution in [0.4, 0.5) is 0 Å². The number of nitrogens with zero attached hydrogens (tertiary/aromatic N) is 2. The summed E-state index contributed by atoms with van der Waals surface area (Å²) in [6, 6.07) is 8.29. The van der Waals surface area contributed by atoms with Gasteiger partial charge in [-0.15, -0.1) is 0 Å². The number of carbonyl (C=O) groups excluding carboxylic acids is 2. The molecular formula is C27H40N2O3. The minimum Gasteiger partial charge on any atom is -0.497 e. The molecule has 1 heterocycles. The third-order valence-electron chi connectivity index (χ3n) is 7.07. The van der Waals surface area contributed by atoms with Gasteiger partial charge in [0.2, 0.25) is 11.8 Å². The summed E-state index contributed by atoms with van der Waals surface area (Å²) in [4.78, 5) is 30.0. The lowest BCUT2D eigenvalue weighted by Crippen LogP contribution is -2.49. The van der Waals surface area contributed by atoms with Crippen LogP contribution in [-0.2, 0) is 16.0 Å². The lowest BCUT2D eigenvalue weighted by atomic mass is 9.84. The third kappa shape index (κ3) is 6.36. The standard InChI is InChI=1S/C27H40N2O3/c1-20(2)17-26(30)28(3)25(19-21-9-8-12-24(18-21)32-4)22-13-15-29(16-14-22)27(31)23-10-6-5-7-11-23/h5-6,8-9,12,18,20,22-23,25H,7,10-11,13-17,19H2,1-4H3/t23-,25-/m0/s1. The van der Waals surface area contributed by atoms with Gasteiger partial charge in [0.05, 0.1) is 7.11 Å². The molecule has 5 nitrogen and oxygen atoms in total. The van der Waals surface area contributed by atoms with Crippen LogP contribution in [0.15, 0.2) is 36.4 Å². The number of likely N-dealkylation sites (tertiary alicyclic amines) is 1. The number of likely N-dealkylation sites (N-methyl/N-ethyl adjacent to an activating group) is 1. The Balaban J connectivity index is 1.69. The van der Waals surface area contributed by atoms with Gasteiger partial charge >= 0.3 is 0 Å². The van der Waals surface area contributed by atoms with Crippen LogP contribution < -0.4 is 4.74 Å². The number of piperidine rings is 1. The first kappa shape index (κ1) is 24.3. The van der Waals surface area contributed by atoms with E-state index in [0.29, 0.717) is 24.2 Å². The first-order valence-electron chi connectivity index (χ1n) is 12.2. The summed E-state index contributed by atoms with van der Waals surface area (Å²) >= 11 is 0. The average molecular weight is 441 g/mol. The van der Waals surface area contributed by atoms with Crippen LogP contribution in [0.1, 0.15) is 57.9 Å². The zero-order chi connectivity index (χ0) is 23.1. The fourth-order valence-corrected chi connectivity index (χ4v) is 5.12. The summed E-state index contributed by atoms with van der Waals surface area (Å²) in [7, 11) is 3.64. The topological polar surface area (TPSA) is 49.9 Å². The molecule has 1 fully saturated rings. The maximum atomic E-state index is 13.0. The highest BCUT2D eigenvalue weighted by molar-refractivity contribution is 5.79. The maximum Gasteiger partial charge on any atom is 0.226 e. The molecule has 1 aromatic rings. The Kier molecular flexibility index (Phi) is 8.77. The maximum absolute atomic E-state index is 13.0. The average Bonchev–Trinajstić information content (AvgIpc) is 2.82. The largest absolute Gasteiger partial charge is 0.497 e. The van der Waals surface area contributed by atoms with E-state index in [1.54, 1.807) is 7.11 Å². The molecule has 2 amide bonds. The van der Waals surface area contributed by atoms with Crippen molar-refractivity contribution < 1.29 is 14.3 Å². The van der Waals surface area contributed by atoms with Crippen LogP contribution in [0.5, 0.6) is 5.75 Å². The van der Waals surface area contributed by atoms with Gasteiger partial charge in [0, 0.05) is 38.5 Å². The first-order valence-corrected chi connectivity index (χ1v) is 12.2. The predicted octanol–water partition coefficient (Wildman–Crippen LogP) is 4.71. The van der Waals surface area contributed by atoms with Gasteiger partial charge in [-0.05, 0) is 68.1 Å². The van der Waals surface area contributed by atoms with Crippen LogP contribution in [0.3, 0.4) is 0 Å². The zero-order valence-corrected chi connectivity index (χ0v) is 20.3. The van der Waals surface area contributed by atoms with E-state index in [2.05, 4.69) is 43.0 Å². The molecule has 1 aliphatic carbocycles. The number of rotatable bonds is 8. The van der Waals surface area contributed by atoms with Gasteiger partial charge in [0.1, 0.15) is 5.75 Å². The van der Waals surface area contributed by atoms with E-state index in [1.807, 2.05) is 24.1 Å². The molecule has 2 atom stereocenters. The highest BCUT2D eigenvalue weighted by Gasteiger charge is 2.34. The van der Waals surface area contributed by atoms with Gasteiger partial charge in [-0.3, -0.25) is 9.59 Å². The van der Waals surface area contributed by atoms with E-state index < -0.39 is 0 Å².